The van der Waals surface area contributed by atoms with Gasteiger partial charge in [0.2, 0.25) is 0 Å². The molecule has 186 valence electrons. The van der Waals surface area contributed by atoms with Crippen LogP contribution < -0.4 is 21.7 Å². The van der Waals surface area contributed by atoms with Crippen molar-refractivity contribution in [2.24, 2.45) is 0 Å². The molecule has 0 saturated carbocycles. The van der Waals surface area contributed by atoms with Gasteiger partial charge in [-0.25, -0.2) is 0 Å². The van der Waals surface area contributed by atoms with Crippen LogP contribution >= 0.6 is 0 Å². The number of aromatic nitrogens is 1. The van der Waals surface area contributed by atoms with E-state index in [2.05, 4.69) is 69.3 Å². The lowest BCUT2D eigenvalue weighted by Crippen LogP contribution is -2.66. The molecule has 0 amide bonds. The maximum atomic E-state index is 13.5. The average molecular weight is 497 g/mol. The van der Waals surface area contributed by atoms with Crippen LogP contribution in [0, 0.1) is 13.8 Å². The third kappa shape index (κ3) is 4.81. The summed E-state index contributed by atoms with van der Waals surface area (Å²) in [5.74, 6) is 0. The Balaban J connectivity index is 1.70. The van der Waals surface area contributed by atoms with Crippen molar-refractivity contribution in [2.45, 2.75) is 46.1 Å². The maximum absolute atomic E-state index is 13.5. The number of hydrogen-bond donors (Lipinski definition) is 1. The van der Waals surface area contributed by atoms with E-state index in [1.54, 1.807) is 4.57 Å². The lowest BCUT2D eigenvalue weighted by Gasteiger charge is -2.43. The van der Waals surface area contributed by atoms with Crippen molar-refractivity contribution in [2.75, 3.05) is 12.3 Å². The summed E-state index contributed by atoms with van der Waals surface area (Å²) in [4.78, 5) is 13.5. The van der Waals surface area contributed by atoms with Gasteiger partial charge in [-0.05, 0) is 65.0 Å². The summed E-state index contributed by atoms with van der Waals surface area (Å²) in [5.41, 5.74) is 10.3. The molecule has 1 aromatic heterocycles. The number of benzene rings is 3. The van der Waals surface area contributed by atoms with Gasteiger partial charge in [-0.3, -0.25) is 9.36 Å². The fourth-order valence-corrected chi connectivity index (χ4v) is 9.91. The Morgan fingerprint density at radius 2 is 1.36 bits per heavy atom. The molecule has 0 aliphatic carbocycles. The highest BCUT2D eigenvalue weighted by Gasteiger charge is 2.50. The molecule has 0 fully saturated rings. The Kier molecular flexibility index (Phi) is 7.34. The van der Waals surface area contributed by atoms with E-state index in [-0.39, 0.29) is 10.6 Å². The van der Waals surface area contributed by atoms with Gasteiger partial charge < -0.3 is 10.2 Å². The smallest absolute Gasteiger partial charge is 0.261 e. The third-order valence-electron chi connectivity index (χ3n) is 6.89. The van der Waals surface area contributed by atoms with E-state index in [1.807, 2.05) is 56.4 Å². The first-order valence-corrected chi connectivity index (χ1v) is 14.4. The number of anilines is 1. The summed E-state index contributed by atoms with van der Waals surface area (Å²) < 4.78 is 8.75. The first-order chi connectivity index (χ1) is 17.1. The zero-order valence-electron chi connectivity index (χ0n) is 21.9. The molecule has 0 atom stereocenters. The van der Waals surface area contributed by atoms with Gasteiger partial charge >= 0.3 is 0 Å². The van der Waals surface area contributed by atoms with Crippen molar-refractivity contribution in [3.8, 4) is 5.69 Å². The molecule has 36 heavy (non-hydrogen) atoms. The van der Waals surface area contributed by atoms with Gasteiger partial charge in [0.25, 0.3) is 13.9 Å². The van der Waals surface area contributed by atoms with Gasteiger partial charge in [0.15, 0.2) is 0 Å². The Hall–Kier alpha value is -3.41. The van der Waals surface area contributed by atoms with Gasteiger partial charge in [0.05, 0.1) is 5.69 Å². The quantitative estimate of drug-likeness (QED) is 0.284. The number of aryl methyl sites for hydroxylation is 2. The van der Waals surface area contributed by atoms with E-state index in [0.717, 1.165) is 22.4 Å². The normalized spacial score (nSPS) is 12.0. The molecule has 3 aromatic carbocycles. The van der Waals surface area contributed by atoms with Crippen molar-refractivity contribution in [1.82, 2.24) is 4.57 Å². The number of nitrogens with two attached hydrogens (primary N) is 1. The molecule has 0 unspecified atom stereocenters. The standard InChI is InChI=1S/C31H36N2O2Si/c1-23-21-26(32)22-24(2)29(23)33-19-12-13-25(30(33)34)18-20-35-36(31(3,4)5,27-14-8-6-9-15-27)28-16-10-7-11-17-28/h6-17,19,21-22H,18,20,32H2,1-5H3. The Labute approximate surface area is 215 Å². The van der Waals surface area contributed by atoms with E-state index in [4.69, 9.17) is 10.2 Å². The van der Waals surface area contributed by atoms with Gasteiger partial charge in [0, 0.05) is 24.1 Å². The highest BCUT2D eigenvalue weighted by Crippen LogP contribution is 2.36. The third-order valence-corrected chi connectivity index (χ3v) is 11.9. The minimum Gasteiger partial charge on any atom is -0.407 e. The molecular formula is C31H36N2O2Si. The van der Waals surface area contributed by atoms with Gasteiger partial charge in [-0.15, -0.1) is 0 Å². The van der Waals surface area contributed by atoms with E-state index < -0.39 is 8.32 Å². The van der Waals surface area contributed by atoms with Crippen LogP contribution in [0.4, 0.5) is 5.69 Å². The fraction of sp³-hybridized carbons (Fsp3) is 0.258. The SMILES string of the molecule is Cc1cc(N)cc(C)c1-n1cccc(CCO[Si](c2ccccc2)(c2ccccc2)C(C)(C)C)c1=O. The molecule has 0 aliphatic rings. The van der Waals surface area contributed by atoms with Crippen LogP contribution in [0.25, 0.3) is 5.69 Å². The molecule has 2 N–H and O–H groups in total. The Bertz CT molecular complexity index is 1330. The first-order valence-electron chi connectivity index (χ1n) is 12.5. The van der Waals surface area contributed by atoms with E-state index in [1.165, 1.54) is 10.4 Å². The number of nitrogen functional groups attached to an aromatic ring is 1. The van der Waals surface area contributed by atoms with Crippen LogP contribution in [0.5, 0.6) is 0 Å². The minimum atomic E-state index is -2.65. The van der Waals surface area contributed by atoms with Crippen molar-refractivity contribution in [1.29, 1.82) is 0 Å². The van der Waals surface area contributed by atoms with Crippen molar-refractivity contribution in [3.63, 3.8) is 0 Å². The van der Waals surface area contributed by atoms with Crippen LogP contribution in [0.1, 0.15) is 37.5 Å². The number of pyridine rings is 1. The van der Waals surface area contributed by atoms with Crippen LogP contribution in [0.15, 0.2) is 95.9 Å². The van der Waals surface area contributed by atoms with Crippen LogP contribution in [-0.2, 0) is 10.8 Å². The van der Waals surface area contributed by atoms with Crippen LogP contribution in [-0.4, -0.2) is 19.5 Å². The molecule has 5 heteroatoms. The van der Waals surface area contributed by atoms with E-state index >= 15 is 0 Å². The maximum Gasteiger partial charge on any atom is 0.261 e. The number of nitrogens with zero attached hydrogens (tertiary/aromatic N) is 1. The van der Waals surface area contributed by atoms with Gasteiger partial charge in [-0.1, -0.05) is 87.5 Å². The Morgan fingerprint density at radius 3 is 1.86 bits per heavy atom. The molecular weight excluding hydrogens is 460 g/mol. The molecule has 0 radical (unpaired) electrons. The zero-order chi connectivity index (χ0) is 25.9. The van der Waals surface area contributed by atoms with Gasteiger partial charge in [-0.2, -0.15) is 0 Å². The number of rotatable bonds is 7. The molecule has 0 saturated heterocycles. The summed E-state index contributed by atoms with van der Waals surface area (Å²) in [6, 6.07) is 28.9. The van der Waals surface area contributed by atoms with Crippen molar-refractivity contribution in [3.05, 3.63) is 118 Å². The lowest BCUT2D eigenvalue weighted by molar-refractivity contribution is 0.301. The molecule has 4 aromatic rings. The monoisotopic (exact) mass is 496 g/mol. The van der Waals surface area contributed by atoms with Crippen LogP contribution in [0.2, 0.25) is 5.04 Å². The number of hydrogen-bond acceptors (Lipinski definition) is 3. The van der Waals surface area contributed by atoms with Crippen molar-refractivity contribution < 1.29 is 4.43 Å². The molecule has 0 aliphatic heterocycles. The molecule has 1 heterocycles. The highest BCUT2D eigenvalue weighted by atomic mass is 28.4. The van der Waals surface area contributed by atoms with Crippen LogP contribution in [0.3, 0.4) is 0 Å². The average Bonchev–Trinajstić information content (AvgIpc) is 2.83. The van der Waals surface area contributed by atoms with Gasteiger partial charge in [0.1, 0.15) is 0 Å². The first kappa shape index (κ1) is 25.7. The van der Waals surface area contributed by atoms with Crippen molar-refractivity contribution >= 4 is 24.4 Å². The predicted octanol–water partition coefficient (Wildman–Crippen LogP) is 5.16. The lowest BCUT2D eigenvalue weighted by atomic mass is 10.1. The second-order valence-corrected chi connectivity index (χ2v) is 14.8. The zero-order valence-corrected chi connectivity index (χ0v) is 22.9. The minimum absolute atomic E-state index is 0.0143. The summed E-state index contributed by atoms with van der Waals surface area (Å²) in [5, 5.41) is 2.37. The highest BCUT2D eigenvalue weighted by molar-refractivity contribution is 6.99. The topological polar surface area (TPSA) is 57.2 Å². The molecule has 4 rings (SSSR count). The predicted molar refractivity (Wildman–Crippen MR) is 153 cm³/mol. The largest absolute Gasteiger partial charge is 0.407 e. The second-order valence-electron chi connectivity index (χ2n) is 10.5. The second kappa shape index (κ2) is 10.3. The summed E-state index contributed by atoms with van der Waals surface area (Å²) >= 11 is 0. The summed E-state index contributed by atoms with van der Waals surface area (Å²) in [6.45, 7) is 11.2. The van der Waals surface area contributed by atoms with E-state index in [0.29, 0.717) is 18.7 Å². The molecule has 4 nitrogen and oxygen atoms in total. The summed E-state index contributed by atoms with van der Waals surface area (Å²) in [6.07, 6.45) is 2.37. The Morgan fingerprint density at radius 1 is 0.833 bits per heavy atom. The fourth-order valence-electron chi connectivity index (χ4n) is 5.35. The summed E-state index contributed by atoms with van der Waals surface area (Å²) in [7, 11) is -2.65. The molecule has 0 bridgehead atoms. The molecule has 0 spiro atoms. The van der Waals surface area contributed by atoms with E-state index in [9.17, 15) is 4.79 Å².